The van der Waals surface area contributed by atoms with E-state index in [1.54, 1.807) is 18.2 Å². The van der Waals surface area contributed by atoms with E-state index in [0.717, 1.165) is 11.1 Å². The van der Waals surface area contributed by atoms with Crippen molar-refractivity contribution in [2.45, 2.75) is 33.3 Å². The first-order chi connectivity index (χ1) is 12.3. The Morgan fingerprint density at radius 1 is 1.23 bits per heavy atom. The van der Waals surface area contributed by atoms with E-state index in [1.807, 2.05) is 26.8 Å². The van der Waals surface area contributed by atoms with Gasteiger partial charge in [0.1, 0.15) is 12.4 Å². The summed E-state index contributed by atoms with van der Waals surface area (Å²) in [7, 11) is 0. The van der Waals surface area contributed by atoms with E-state index in [0.29, 0.717) is 16.3 Å². The minimum absolute atomic E-state index is 0.0114. The van der Waals surface area contributed by atoms with Crippen LogP contribution >= 0.6 is 11.6 Å². The molecule has 138 valence electrons. The summed E-state index contributed by atoms with van der Waals surface area (Å²) in [4.78, 5) is 22.0. The number of esters is 1. The van der Waals surface area contributed by atoms with Crippen LogP contribution in [0.3, 0.4) is 0 Å². The maximum Gasteiger partial charge on any atom is 0.344 e. The normalized spacial score (nSPS) is 10.7. The zero-order valence-corrected chi connectivity index (χ0v) is 15.6. The van der Waals surface area contributed by atoms with Gasteiger partial charge in [0, 0.05) is 17.2 Å². The Balaban J connectivity index is 1.93. The van der Waals surface area contributed by atoms with Crippen LogP contribution in [0.1, 0.15) is 36.5 Å². The van der Waals surface area contributed by atoms with Gasteiger partial charge in [-0.1, -0.05) is 25.4 Å². The second kappa shape index (κ2) is 8.67. The van der Waals surface area contributed by atoms with Crippen molar-refractivity contribution >= 4 is 23.3 Å². The molecule has 0 unspecified atom stereocenters. The maximum absolute atomic E-state index is 11.9. The number of carbonyl (C=O) groups excluding carboxylic acids is 1. The van der Waals surface area contributed by atoms with Crippen LogP contribution in [0.5, 0.6) is 5.75 Å². The lowest BCUT2D eigenvalue weighted by Crippen LogP contribution is -2.15. The molecule has 2 aromatic rings. The average Bonchev–Trinajstić information content (AvgIpc) is 2.60. The highest BCUT2D eigenvalue weighted by Gasteiger charge is 2.13. The van der Waals surface area contributed by atoms with Gasteiger partial charge in [-0.05, 0) is 53.8 Å². The summed E-state index contributed by atoms with van der Waals surface area (Å²) in [5.41, 5.74) is 2.44. The second-order valence-corrected chi connectivity index (χ2v) is 6.57. The quantitative estimate of drug-likeness (QED) is 0.393. The molecular formula is C19H20ClNO5. The Bertz CT molecular complexity index is 802. The molecule has 2 aromatic carbocycles. The third-order valence-corrected chi connectivity index (χ3v) is 4.21. The number of benzene rings is 2. The van der Waals surface area contributed by atoms with Crippen molar-refractivity contribution in [2.24, 2.45) is 0 Å². The minimum atomic E-state index is -0.523. The fourth-order valence-electron chi connectivity index (χ4n) is 2.30. The standard InChI is InChI=1S/C19H20ClNO5/c1-12(2)16-9-17(20)13(3)8-18(16)25-11-19(22)26-10-14-4-6-15(7-5-14)21(23)24/h4-9,12H,10-11H2,1-3H3. The summed E-state index contributed by atoms with van der Waals surface area (Å²) in [5.74, 6) is 0.277. The summed E-state index contributed by atoms with van der Waals surface area (Å²) in [6.07, 6.45) is 0. The zero-order chi connectivity index (χ0) is 19.3. The fraction of sp³-hybridized carbons (Fsp3) is 0.316. The lowest BCUT2D eigenvalue weighted by Gasteiger charge is -2.15. The first kappa shape index (κ1) is 19.7. The predicted molar refractivity (Wildman–Crippen MR) is 98.7 cm³/mol. The van der Waals surface area contributed by atoms with Crippen LogP contribution in [0.25, 0.3) is 0 Å². The fourth-order valence-corrected chi connectivity index (χ4v) is 2.47. The summed E-state index contributed by atoms with van der Waals surface area (Å²) in [6.45, 7) is 5.69. The van der Waals surface area contributed by atoms with E-state index in [2.05, 4.69) is 0 Å². The van der Waals surface area contributed by atoms with Crippen LogP contribution in [0.2, 0.25) is 5.02 Å². The number of halogens is 1. The summed E-state index contributed by atoms with van der Waals surface area (Å²) >= 11 is 6.15. The molecule has 0 atom stereocenters. The van der Waals surface area contributed by atoms with Crippen LogP contribution in [-0.2, 0) is 16.1 Å². The molecule has 0 saturated carbocycles. The van der Waals surface area contributed by atoms with Crippen molar-refractivity contribution in [2.75, 3.05) is 6.61 Å². The molecule has 2 rings (SSSR count). The minimum Gasteiger partial charge on any atom is -0.482 e. The molecule has 0 aliphatic rings. The maximum atomic E-state index is 11.9. The van der Waals surface area contributed by atoms with Gasteiger partial charge in [0.15, 0.2) is 6.61 Å². The average molecular weight is 378 g/mol. The highest BCUT2D eigenvalue weighted by atomic mass is 35.5. The van der Waals surface area contributed by atoms with Crippen molar-refractivity contribution in [3.8, 4) is 5.75 Å². The molecule has 26 heavy (non-hydrogen) atoms. The van der Waals surface area contributed by atoms with Crippen LogP contribution in [-0.4, -0.2) is 17.5 Å². The van der Waals surface area contributed by atoms with Gasteiger partial charge in [0.25, 0.3) is 5.69 Å². The molecule has 0 aliphatic carbocycles. The molecule has 0 fully saturated rings. The first-order valence-electron chi connectivity index (χ1n) is 8.09. The van der Waals surface area contributed by atoms with Crippen LogP contribution in [0, 0.1) is 17.0 Å². The summed E-state index contributed by atoms with van der Waals surface area (Å²) in [6, 6.07) is 9.48. The molecule has 0 aromatic heterocycles. The zero-order valence-electron chi connectivity index (χ0n) is 14.8. The van der Waals surface area contributed by atoms with Gasteiger partial charge < -0.3 is 9.47 Å². The molecule has 0 heterocycles. The predicted octanol–water partition coefficient (Wildman–Crippen LogP) is 4.80. The molecule has 7 heteroatoms. The van der Waals surface area contributed by atoms with E-state index in [-0.39, 0.29) is 24.8 Å². The van der Waals surface area contributed by atoms with Gasteiger partial charge in [-0.15, -0.1) is 0 Å². The number of hydrogen-bond donors (Lipinski definition) is 0. The van der Waals surface area contributed by atoms with E-state index >= 15 is 0 Å². The van der Waals surface area contributed by atoms with Gasteiger partial charge in [-0.2, -0.15) is 0 Å². The molecular weight excluding hydrogens is 358 g/mol. The molecule has 0 saturated heterocycles. The number of nitro benzene ring substituents is 1. The third kappa shape index (κ3) is 5.20. The first-order valence-corrected chi connectivity index (χ1v) is 8.47. The Kier molecular flexibility index (Phi) is 6.58. The molecule has 0 spiro atoms. The largest absolute Gasteiger partial charge is 0.482 e. The van der Waals surface area contributed by atoms with Gasteiger partial charge in [0.2, 0.25) is 0 Å². The van der Waals surface area contributed by atoms with E-state index in [9.17, 15) is 14.9 Å². The van der Waals surface area contributed by atoms with Crippen molar-refractivity contribution in [1.29, 1.82) is 0 Å². The lowest BCUT2D eigenvalue weighted by atomic mass is 10.0. The van der Waals surface area contributed by atoms with Crippen molar-refractivity contribution in [3.63, 3.8) is 0 Å². The third-order valence-electron chi connectivity index (χ3n) is 3.81. The number of carbonyl (C=O) groups is 1. The molecule has 0 bridgehead atoms. The van der Waals surface area contributed by atoms with Crippen LogP contribution in [0.4, 0.5) is 5.69 Å². The van der Waals surface area contributed by atoms with E-state index in [4.69, 9.17) is 21.1 Å². The van der Waals surface area contributed by atoms with Crippen molar-refractivity contribution < 1.29 is 19.2 Å². The highest BCUT2D eigenvalue weighted by Crippen LogP contribution is 2.32. The van der Waals surface area contributed by atoms with E-state index in [1.165, 1.54) is 12.1 Å². The van der Waals surface area contributed by atoms with Crippen LogP contribution < -0.4 is 4.74 Å². The van der Waals surface area contributed by atoms with Gasteiger partial charge in [-0.3, -0.25) is 10.1 Å². The van der Waals surface area contributed by atoms with E-state index < -0.39 is 10.9 Å². The number of ether oxygens (including phenoxy) is 2. The molecule has 0 aliphatic heterocycles. The lowest BCUT2D eigenvalue weighted by molar-refractivity contribution is -0.384. The number of non-ortho nitro benzene ring substituents is 1. The summed E-state index contributed by atoms with van der Waals surface area (Å²) in [5, 5.41) is 11.3. The molecule has 0 radical (unpaired) electrons. The number of hydrogen-bond acceptors (Lipinski definition) is 5. The Morgan fingerprint density at radius 2 is 1.88 bits per heavy atom. The topological polar surface area (TPSA) is 78.7 Å². The second-order valence-electron chi connectivity index (χ2n) is 6.17. The Labute approximate surface area is 156 Å². The van der Waals surface area contributed by atoms with Gasteiger partial charge >= 0.3 is 5.97 Å². The number of aryl methyl sites for hydroxylation is 1. The van der Waals surface area contributed by atoms with Crippen molar-refractivity contribution in [1.82, 2.24) is 0 Å². The van der Waals surface area contributed by atoms with Gasteiger partial charge in [0.05, 0.1) is 4.92 Å². The van der Waals surface area contributed by atoms with Gasteiger partial charge in [-0.25, -0.2) is 4.79 Å². The molecule has 0 amide bonds. The number of nitro groups is 1. The molecule has 0 N–H and O–H groups in total. The summed E-state index contributed by atoms with van der Waals surface area (Å²) < 4.78 is 10.8. The number of nitrogens with zero attached hydrogens (tertiary/aromatic N) is 1. The Hall–Kier alpha value is -2.60. The van der Waals surface area contributed by atoms with Crippen molar-refractivity contribution in [3.05, 3.63) is 68.2 Å². The monoisotopic (exact) mass is 377 g/mol. The highest BCUT2D eigenvalue weighted by molar-refractivity contribution is 6.31. The Morgan fingerprint density at radius 3 is 2.46 bits per heavy atom. The SMILES string of the molecule is Cc1cc(OCC(=O)OCc2ccc([N+](=O)[O-])cc2)c(C(C)C)cc1Cl. The van der Waals surface area contributed by atoms with Crippen LogP contribution in [0.15, 0.2) is 36.4 Å². The molecule has 6 nitrogen and oxygen atoms in total. The smallest absolute Gasteiger partial charge is 0.344 e. The number of rotatable bonds is 7.